The number of hydrogen-bond acceptors (Lipinski definition) is 4. The minimum Gasteiger partial charge on any atom is -0.478 e. The first kappa shape index (κ1) is 17.4. The second-order valence-corrected chi connectivity index (χ2v) is 5.10. The molecule has 7 heteroatoms. The fourth-order valence-electron chi connectivity index (χ4n) is 1.71. The maximum atomic E-state index is 11.8. The van der Waals surface area contributed by atoms with E-state index in [1.807, 2.05) is 6.92 Å². The van der Waals surface area contributed by atoms with Gasteiger partial charge in [0.2, 0.25) is 5.91 Å². The monoisotopic (exact) mass is 314 g/mol. The van der Waals surface area contributed by atoms with Crippen LogP contribution in [0, 0.1) is 0 Å². The van der Waals surface area contributed by atoms with Gasteiger partial charge in [-0.05, 0) is 38.0 Å². The molecule has 0 aliphatic carbocycles. The van der Waals surface area contributed by atoms with E-state index in [1.54, 1.807) is 0 Å². The third-order valence-corrected chi connectivity index (χ3v) is 3.22. The molecule has 0 saturated heterocycles. The van der Waals surface area contributed by atoms with E-state index in [4.69, 9.17) is 21.8 Å². The largest absolute Gasteiger partial charge is 0.478 e. The third kappa shape index (κ3) is 6.12. The predicted molar refractivity (Wildman–Crippen MR) is 80.8 cm³/mol. The molecule has 1 rings (SSSR count). The fourth-order valence-corrected chi connectivity index (χ4v) is 1.88. The highest BCUT2D eigenvalue weighted by molar-refractivity contribution is 6.33. The molecule has 0 radical (unpaired) electrons. The maximum absolute atomic E-state index is 11.8. The first-order valence-corrected chi connectivity index (χ1v) is 6.98. The molecule has 1 aromatic carbocycles. The van der Waals surface area contributed by atoms with Gasteiger partial charge in [-0.2, -0.15) is 0 Å². The average Bonchev–Trinajstić information content (AvgIpc) is 2.45. The number of aromatic carboxylic acids is 1. The molecule has 1 amide bonds. The van der Waals surface area contributed by atoms with Gasteiger partial charge in [0.25, 0.3) is 0 Å². The van der Waals surface area contributed by atoms with Gasteiger partial charge in [0.15, 0.2) is 0 Å². The number of halogens is 1. The molecule has 0 bridgehead atoms. The number of benzene rings is 1. The summed E-state index contributed by atoms with van der Waals surface area (Å²) >= 11 is 5.92. The van der Waals surface area contributed by atoms with E-state index in [-0.39, 0.29) is 41.4 Å². The number of rotatable bonds is 8. The minimum absolute atomic E-state index is 0.0546. The predicted octanol–water partition coefficient (Wildman–Crippen LogP) is 1.73. The van der Waals surface area contributed by atoms with Gasteiger partial charge in [-0.15, -0.1) is 0 Å². The molecule has 0 heterocycles. The molecule has 1 atom stereocenters. The normalized spacial score (nSPS) is 12.0. The summed E-state index contributed by atoms with van der Waals surface area (Å²) in [5.74, 6) is -1.40. The van der Waals surface area contributed by atoms with Gasteiger partial charge in [-0.25, -0.2) is 4.79 Å². The number of carboxylic acid groups (broad SMARTS) is 1. The lowest BCUT2D eigenvalue weighted by Gasteiger charge is -2.13. The second-order valence-electron chi connectivity index (χ2n) is 4.70. The summed E-state index contributed by atoms with van der Waals surface area (Å²) in [6.07, 6.45) is 1.43. The van der Waals surface area contributed by atoms with Crippen LogP contribution in [0.25, 0.3) is 0 Å². The maximum Gasteiger partial charge on any atom is 0.335 e. The fraction of sp³-hybridized carbons (Fsp3) is 0.429. The van der Waals surface area contributed by atoms with E-state index >= 15 is 0 Å². The average molecular weight is 315 g/mol. The van der Waals surface area contributed by atoms with Crippen molar-refractivity contribution in [3.63, 3.8) is 0 Å². The summed E-state index contributed by atoms with van der Waals surface area (Å²) in [6, 6.07) is 4.22. The molecule has 0 saturated carbocycles. The number of aliphatic hydroxyl groups is 1. The summed E-state index contributed by atoms with van der Waals surface area (Å²) in [4.78, 5) is 22.7. The van der Waals surface area contributed by atoms with Crippen molar-refractivity contribution in [2.24, 2.45) is 0 Å². The standard InChI is InChI=1S/C14H19ClN2O4/c1-9(3-2-6-18)16-8-13(19)17-12-7-10(14(20)21)4-5-11(12)15/h4-5,7,9,16,18H,2-3,6,8H2,1H3,(H,17,19)(H,20,21). The van der Waals surface area contributed by atoms with E-state index < -0.39 is 5.97 Å². The number of hydrogen-bond donors (Lipinski definition) is 4. The summed E-state index contributed by atoms with van der Waals surface area (Å²) in [6.45, 7) is 2.12. The molecule has 1 aromatic rings. The number of nitrogens with one attached hydrogen (secondary N) is 2. The van der Waals surface area contributed by atoms with E-state index in [0.29, 0.717) is 6.42 Å². The van der Waals surface area contributed by atoms with E-state index in [0.717, 1.165) is 6.42 Å². The Labute approximate surface area is 128 Å². The Morgan fingerprint density at radius 2 is 2.10 bits per heavy atom. The molecule has 116 valence electrons. The number of aliphatic hydroxyl groups excluding tert-OH is 1. The Hall–Kier alpha value is -1.63. The van der Waals surface area contributed by atoms with Crippen molar-refractivity contribution in [2.75, 3.05) is 18.5 Å². The Kier molecular flexibility index (Phi) is 7.14. The number of carboxylic acids is 1. The van der Waals surface area contributed by atoms with Crippen LogP contribution >= 0.6 is 11.6 Å². The van der Waals surface area contributed by atoms with E-state index in [2.05, 4.69) is 10.6 Å². The smallest absolute Gasteiger partial charge is 0.335 e. The highest BCUT2D eigenvalue weighted by Gasteiger charge is 2.11. The molecule has 1 unspecified atom stereocenters. The Balaban J connectivity index is 2.54. The van der Waals surface area contributed by atoms with Crippen LogP contribution in [0.5, 0.6) is 0 Å². The summed E-state index contributed by atoms with van der Waals surface area (Å²) in [5, 5.41) is 23.5. The van der Waals surface area contributed by atoms with Crippen molar-refractivity contribution in [1.29, 1.82) is 0 Å². The molecule has 0 spiro atoms. The second kappa shape index (κ2) is 8.61. The van der Waals surface area contributed by atoms with Crippen molar-refractivity contribution in [1.82, 2.24) is 5.32 Å². The van der Waals surface area contributed by atoms with Gasteiger partial charge in [-0.3, -0.25) is 4.79 Å². The first-order chi connectivity index (χ1) is 9.93. The molecule has 6 nitrogen and oxygen atoms in total. The number of carbonyl (C=O) groups excluding carboxylic acids is 1. The molecule has 21 heavy (non-hydrogen) atoms. The topological polar surface area (TPSA) is 98.7 Å². The molecule has 0 aromatic heterocycles. The van der Waals surface area contributed by atoms with Crippen LogP contribution in [0.15, 0.2) is 18.2 Å². The zero-order valence-corrected chi connectivity index (χ0v) is 12.5. The van der Waals surface area contributed by atoms with Crippen LogP contribution in [-0.2, 0) is 4.79 Å². The molecule has 0 aliphatic heterocycles. The van der Waals surface area contributed by atoms with Crippen LogP contribution in [0.2, 0.25) is 5.02 Å². The highest BCUT2D eigenvalue weighted by Crippen LogP contribution is 2.22. The van der Waals surface area contributed by atoms with E-state index in [1.165, 1.54) is 18.2 Å². The van der Waals surface area contributed by atoms with Crippen molar-refractivity contribution >= 4 is 29.2 Å². The van der Waals surface area contributed by atoms with E-state index in [9.17, 15) is 9.59 Å². The molecular formula is C14H19ClN2O4. The first-order valence-electron chi connectivity index (χ1n) is 6.61. The van der Waals surface area contributed by atoms with Crippen LogP contribution < -0.4 is 10.6 Å². The van der Waals surface area contributed by atoms with Crippen molar-refractivity contribution in [3.05, 3.63) is 28.8 Å². The van der Waals surface area contributed by atoms with Crippen molar-refractivity contribution in [3.8, 4) is 0 Å². The van der Waals surface area contributed by atoms with Crippen LogP contribution in [0.4, 0.5) is 5.69 Å². The zero-order chi connectivity index (χ0) is 15.8. The van der Waals surface area contributed by atoms with Crippen LogP contribution in [0.1, 0.15) is 30.1 Å². The van der Waals surface area contributed by atoms with Crippen LogP contribution in [0.3, 0.4) is 0 Å². The summed E-state index contributed by atoms with van der Waals surface area (Å²) in [5.41, 5.74) is 0.324. The lowest BCUT2D eigenvalue weighted by atomic mass is 10.2. The molecule has 0 aliphatic rings. The summed E-state index contributed by atoms with van der Waals surface area (Å²) < 4.78 is 0. The van der Waals surface area contributed by atoms with Crippen molar-refractivity contribution < 1.29 is 19.8 Å². The van der Waals surface area contributed by atoms with Gasteiger partial charge in [0, 0.05) is 12.6 Å². The lowest BCUT2D eigenvalue weighted by Crippen LogP contribution is -2.34. The van der Waals surface area contributed by atoms with Gasteiger partial charge >= 0.3 is 5.97 Å². The lowest BCUT2D eigenvalue weighted by molar-refractivity contribution is -0.115. The number of amides is 1. The third-order valence-electron chi connectivity index (χ3n) is 2.89. The van der Waals surface area contributed by atoms with Gasteiger partial charge < -0.3 is 20.8 Å². The number of anilines is 1. The van der Waals surface area contributed by atoms with Gasteiger partial charge in [-0.1, -0.05) is 11.6 Å². The zero-order valence-electron chi connectivity index (χ0n) is 11.7. The summed E-state index contributed by atoms with van der Waals surface area (Å²) in [7, 11) is 0. The SMILES string of the molecule is CC(CCCO)NCC(=O)Nc1cc(C(=O)O)ccc1Cl. The Morgan fingerprint density at radius 1 is 1.38 bits per heavy atom. The van der Waals surface area contributed by atoms with Crippen molar-refractivity contribution in [2.45, 2.75) is 25.8 Å². The molecular weight excluding hydrogens is 296 g/mol. The minimum atomic E-state index is -1.09. The molecule has 4 N–H and O–H groups in total. The Bertz CT molecular complexity index is 508. The van der Waals surface area contributed by atoms with Gasteiger partial charge in [0.05, 0.1) is 22.8 Å². The highest BCUT2D eigenvalue weighted by atomic mass is 35.5. The molecule has 0 fully saturated rings. The quantitative estimate of drug-likeness (QED) is 0.585. The Morgan fingerprint density at radius 3 is 2.71 bits per heavy atom. The van der Waals surface area contributed by atoms with Gasteiger partial charge in [0.1, 0.15) is 0 Å². The van der Waals surface area contributed by atoms with Crippen LogP contribution in [-0.4, -0.2) is 41.3 Å². The number of carbonyl (C=O) groups is 2.